The van der Waals surface area contributed by atoms with Gasteiger partial charge in [0.2, 0.25) is 0 Å². The van der Waals surface area contributed by atoms with Crippen molar-refractivity contribution < 1.29 is 0 Å². The van der Waals surface area contributed by atoms with Crippen LogP contribution in [0.25, 0.3) is 11.4 Å². The highest BCUT2D eigenvalue weighted by Gasteiger charge is 2.21. The van der Waals surface area contributed by atoms with Crippen molar-refractivity contribution in [2.75, 3.05) is 13.1 Å². The molecule has 0 saturated heterocycles. The minimum atomic E-state index is -0.0340. The molecule has 2 aromatic heterocycles. The summed E-state index contributed by atoms with van der Waals surface area (Å²) in [5.74, 6) is 0.606. The normalized spacial score (nSPS) is 14.2. The maximum Gasteiger partial charge on any atom is 0.255 e. The quantitative estimate of drug-likeness (QED) is 0.797. The summed E-state index contributed by atoms with van der Waals surface area (Å²) in [5, 5.41) is 0. The average molecular weight is 332 g/mol. The molecule has 1 N–H and O–H groups in total. The number of nitrogens with zero attached hydrogens (tertiary/aromatic N) is 3. The molecule has 126 valence electrons. The van der Waals surface area contributed by atoms with Gasteiger partial charge in [-0.3, -0.25) is 14.7 Å². The Morgan fingerprint density at radius 3 is 2.80 bits per heavy atom. The molecule has 0 unspecified atom stereocenters. The van der Waals surface area contributed by atoms with Gasteiger partial charge in [-0.2, -0.15) is 0 Å². The van der Waals surface area contributed by atoms with Gasteiger partial charge in [-0.15, -0.1) is 0 Å². The Kier molecular flexibility index (Phi) is 4.39. The molecule has 1 aliphatic rings. The Morgan fingerprint density at radius 1 is 1.12 bits per heavy atom. The lowest BCUT2D eigenvalue weighted by Crippen LogP contribution is -2.36. The van der Waals surface area contributed by atoms with E-state index < -0.39 is 0 Å². The third-order valence-corrected chi connectivity index (χ3v) is 4.64. The van der Waals surface area contributed by atoms with Gasteiger partial charge in [0, 0.05) is 44.0 Å². The summed E-state index contributed by atoms with van der Waals surface area (Å²) < 4.78 is 0. The van der Waals surface area contributed by atoms with Crippen molar-refractivity contribution in [3.63, 3.8) is 0 Å². The first-order chi connectivity index (χ1) is 12.3. The summed E-state index contributed by atoms with van der Waals surface area (Å²) in [7, 11) is 0. The molecule has 1 aromatic carbocycles. The van der Waals surface area contributed by atoms with Crippen molar-refractivity contribution in [3.8, 4) is 11.4 Å². The van der Waals surface area contributed by atoms with Gasteiger partial charge in [0.1, 0.15) is 5.82 Å². The van der Waals surface area contributed by atoms with E-state index in [-0.39, 0.29) is 5.56 Å². The molecular weight excluding hydrogens is 312 g/mol. The molecule has 1 aliphatic heterocycles. The van der Waals surface area contributed by atoms with E-state index in [0.29, 0.717) is 12.4 Å². The van der Waals surface area contributed by atoms with Gasteiger partial charge in [-0.1, -0.05) is 30.3 Å². The monoisotopic (exact) mass is 332 g/mol. The maximum atomic E-state index is 12.5. The fourth-order valence-electron chi connectivity index (χ4n) is 3.24. The Hall–Kier alpha value is -2.79. The standard InChI is InChI=1S/C20H20N4O/c25-20-17-14-24(11-8-15-5-2-1-3-6-15)12-9-18(17)22-19(23-20)16-7-4-10-21-13-16/h1-7,10,13H,8-9,11-12,14H2,(H,22,23,25). The molecule has 0 radical (unpaired) electrons. The molecule has 3 heterocycles. The van der Waals surface area contributed by atoms with Crippen molar-refractivity contribution >= 4 is 0 Å². The highest BCUT2D eigenvalue weighted by Crippen LogP contribution is 2.18. The van der Waals surface area contributed by atoms with Gasteiger partial charge in [0.05, 0.1) is 11.3 Å². The predicted octanol–water partition coefficient (Wildman–Crippen LogP) is 2.43. The van der Waals surface area contributed by atoms with Gasteiger partial charge >= 0.3 is 0 Å². The fourth-order valence-corrected chi connectivity index (χ4v) is 3.24. The van der Waals surface area contributed by atoms with Crippen molar-refractivity contribution in [1.29, 1.82) is 0 Å². The third-order valence-electron chi connectivity index (χ3n) is 4.64. The number of aromatic nitrogens is 3. The summed E-state index contributed by atoms with van der Waals surface area (Å²) in [4.78, 5) is 26.5. The first-order valence-electron chi connectivity index (χ1n) is 8.58. The second-order valence-electron chi connectivity index (χ2n) is 6.34. The van der Waals surface area contributed by atoms with E-state index in [1.54, 1.807) is 12.4 Å². The molecule has 5 nitrogen and oxygen atoms in total. The van der Waals surface area contributed by atoms with Gasteiger partial charge in [0.15, 0.2) is 0 Å². The van der Waals surface area contributed by atoms with Crippen LogP contribution in [0.1, 0.15) is 16.8 Å². The highest BCUT2D eigenvalue weighted by atomic mass is 16.1. The van der Waals surface area contributed by atoms with Crippen LogP contribution in [0.3, 0.4) is 0 Å². The average Bonchev–Trinajstić information content (AvgIpc) is 2.68. The van der Waals surface area contributed by atoms with E-state index in [0.717, 1.165) is 42.8 Å². The zero-order valence-corrected chi connectivity index (χ0v) is 14.0. The Bertz CT molecular complexity index is 906. The number of pyridine rings is 1. The number of H-pyrrole nitrogens is 1. The zero-order valence-electron chi connectivity index (χ0n) is 14.0. The van der Waals surface area contributed by atoms with Crippen LogP contribution in [0.2, 0.25) is 0 Å². The molecule has 0 aliphatic carbocycles. The van der Waals surface area contributed by atoms with E-state index in [2.05, 4.69) is 44.1 Å². The number of rotatable bonds is 4. The minimum Gasteiger partial charge on any atom is -0.306 e. The van der Waals surface area contributed by atoms with Crippen molar-refractivity contribution in [2.45, 2.75) is 19.4 Å². The highest BCUT2D eigenvalue weighted by molar-refractivity contribution is 5.53. The summed E-state index contributed by atoms with van der Waals surface area (Å²) in [6.07, 6.45) is 5.24. The number of hydrogen-bond donors (Lipinski definition) is 1. The molecule has 0 fully saturated rings. The van der Waals surface area contributed by atoms with E-state index in [9.17, 15) is 4.79 Å². The number of aromatic amines is 1. The number of fused-ring (bicyclic) bond motifs is 1. The molecular formula is C20H20N4O. The van der Waals surface area contributed by atoms with Crippen LogP contribution in [-0.2, 0) is 19.4 Å². The second-order valence-corrected chi connectivity index (χ2v) is 6.34. The molecule has 0 atom stereocenters. The number of hydrogen-bond acceptors (Lipinski definition) is 4. The second kappa shape index (κ2) is 6.99. The van der Waals surface area contributed by atoms with Crippen LogP contribution < -0.4 is 5.56 Å². The number of benzene rings is 1. The summed E-state index contributed by atoms with van der Waals surface area (Å²) in [6.45, 7) is 2.55. The van der Waals surface area contributed by atoms with Crippen LogP contribution in [-0.4, -0.2) is 32.9 Å². The van der Waals surface area contributed by atoms with Crippen LogP contribution in [0.5, 0.6) is 0 Å². The SMILES string of the molecule is O=c1[nH]c(-c2cccnc2)nc2c1CN(CCc1ccccc1)CC2. The van der Waals surface area contributed by atoms with Crippen LogP contribution in [0.4, 0.5) is 0 Å². The molecule has 0 spiro atoms. The Balaban J connectivity index is 1.51. The minimum absolute atomic E-state index is 0.0340. The topological polar surface area (TPSA) is 61.9 Å². The van der Waals surface area contributed by atoms with Crippen molar-refractivity contribution in [1.82, 2.24) is 19.9 Å². The van der Waals surface area contributed by atoms with Crippen molar-refractivity contribution in [3.05, 3.63) is 82.0 Å². The lowest BCUT2D eigenvalue weighted by Gasteiger charge is -2.27. The smallest absolute Gasteiger partial charge is 0.255 e. The van der Waals surface area contributed by atoms with Crippen molar-refractivity contribution in [2.24, 2.45) is 0 Å². The molecule has 0 saturated carbocycles. The molecule has 4 rings (SSSR count). The van der Waals surface area contributed by atoms with Crippen LogP contribution >= 0.6 is 0 Å². The van der Waals surface area contributed by atoms with Gasteiger partial charge < -0.3 is 4.98 Å². The maximum absolute atomic E-state index is 12.5. The first-order valence-corrected chi connectivity index (χ1v) is 8.58. The zero-order chi connectivity index (χ0) is 17.1. The fraction of sp³-hybridized carbons (Fsp3) is 0.250. The van der Waals surface area contributed by atoms with Crippen LogP contribution in [0, 0.1) is 0 Å². The molecule has 3 aromatic rings. The lowest BCUT2D eigenvalue weighted by molar-refractivity contribution is 0.253. The summed E-state index contributed by atoms with van der Waals surface area (Å²) >= 11 is 0. The summed E-state index contributed by atoms with van der Waals surface area (Å²) in [6, 6.07) is 14.2. The largest absolute Gasteiger partial charge is 0.306 e. The Labute approximate surface area is 146 Å². The summed E-state index contributed by atoms with van der Waals surface area (Å²) in [5.41, 5.74) is 3.85. The third kappa shape index (κ3) is 3.51. The molecule has 25 heavy (non-hydrogen) atoms. The van der Waals surface area contributed by atoms with Gasteiger partial charge in [-0.25, -0.2) is 4.98 Å². The van der Waals surface area contributed by atoms with Gasteiger partial charge in [-0.05, 0) is 24.1 Å². The Morgan fingerprint density at radius 2 is 2.00 bits per heavy atom. The van der Waals surface area contributed by atoms with Crippen LogP contribution in [0.15, 0.2) is 59.7 Å². The van der Waals surface area contributed by atoms with E-state index >= 15 is 0 Å². The molecule has 0 amide bonds. The lowest BCUT2D eigenvalue weighted by atomic mass is 10.1. The number of nitrogens with one attached hydrogen (secondary N) is 1. The molecule has 5 heteroatoms. The van der Waals surface area contributed by atoms with E-state index in [1.807, 2.05) is 18.2 Å². The van der Waals surface area contributed by atoms with Gasteiger partial charge in [0.25, 0.3) is 5.56 Å². The predicted molar refractivity (Wildman–Crippen MR) is 97.2 cm³/mol. The molecule has 0 bridgehead atoms. The van der Waals surface area contributed by atoms with E-state index in [1.165, 1.54) is 5.56 Å². The van der Waals surface area contributed by atoms with E-state index in [4.69, 9.17) is 0 Å². The first kappa shape index (κ1) is 15.7.